The van der Waals surface area contributed by atoms with Crippen LogP contribution in [-0.4, -0.2) is 17.6 Å². The molecule has 0 spiro atoms. The third-order valence-corrected chi connectivity index (χ3v) is 2.87. The summed E-state index contributed by atoms with van der Waals surface area (Å²) in [6.07, 6.45) is 5.26. The zero-order chi connectivity index (χ0) is 12.5. The molecule has 0 N–H and O–H groups in total. The Morgan fingerprint density at radius 3 is 2.82 bits per heavy atom. The summed E-state index contributed by atoms with van der Waals surface area (Å²) in [6, 6.07) is 5.94. The van der Waals surface area contributed by atoms with Gasteiger partial charge < -0.3 is 4.74 Å². The van der Waals surface area contributed by atoms with Crippen molar-refractivity contribution in [2.24, 2.45) is 5.92 Å². The number of carbonyl (C=O) groups excluding carboxylic acids is 1. The van der Waals surface area contributed by atoms with Crippen LogP contribution in [0.25, 0.3) is 0 Å². The maximum Gasteiger partial charge on any atom is 0.306 e. The van der Waals surface area contributed by atoms with Gasteiger partial charge in [0.2, 0.25) is 0 Å². The van der Waals surface area contributed by atoms with E-state index in [-0.39, 0.29) is 5.97 Å². The molecule has 0 amide bonds. The maximum atomic E-state index is 11.4. The number of aryl methyl sites for hydroxylation is 1. The van der Waals surface area contributed by atoms with Crippen molar-refractivity contribution in [3.8, 4) is 0 Å². The van der Waals surface area contributed by atoms with Crippen molar-refractivity contribution >= 4 is 5.97 Å². The summed E-state index contributed by atoms with van der Waals surface area (Å²) in [6.45, 7) is 4.42. The number of ether oxygens (including phenoxy) is 1. The van der Waals surface area contributed by atoms with Gasteiger partial charge in [-0.05, 0) is 37.8 Å². The zero-order valence-corrected chi connectivity index (χ0v) is 10.7. The molecule has 0 bridgehead atoms. The molecule has 0 saturated heterocycles. The van der Waals surface area contributed by atoms with E-state index in [1.807, 2.05) is 31.3 Å². The molecular weight excluding hydrogens is 214 g/mol. The Labute approximate surface area is 103 Å². The molecule has 3 heteroatoms. The van der Waals surface area contributed by atoms with E-state index >= 15 is 0 Å². The Hall–Kier alpha value is -1.38. The summed E-state index contributed by atoms with van der Waals surface area (Å²) in [5.41, 5.74) is 1.09. The van der Waals surface area contributed by atoms with Crippen molar-refractivity contribution in [3.05, 3.63) is 30.1 Å². The van der Waals surface area contributed by atoms with Crippen molar-refractivity contribution in [2.45, 2.75) is 39.5 Å². The molecule has 0 saturated carbocycles. The second kappa shape index (κ2) is 7.82. The predicted octanol–water partition coefficient (Wildman–Crippen LogP) is 2.99. The number of rotatable bonds is 7. The van der Waals surface area contributed by atoms with Crippen LogP contribution in [0.15, 0.2) is 24.4 Å². The Bertz CT molecular complexity index is 324. The molecule has 1 aromatic heterocycles. The average Bonchev–Trinajstić information content (AvgIpc) is 2.36. The van der Waals surface area contributed by atoms with Crippen LogP contribution < -0.4 is 0 Å². The lowest BCUT2D eigenvalue weighted by Crippen LogP contribution is -2.12. The lowest BCUT2D eigenvalue weighted by molar-refractivity contribution is -0.144. The predicted molar refractivity (Wildman–Crippen MR) is 67.6 cm³/mol. The fourth-order valence-electron chi connectivity index (χ4n) is 1.80. The lowest BCUT2D eigenvalue weighted by atomic mass is 9.95. The number of aromatic nitrogens is 1. The largest absolute Gasteiger partial charge is 0.466 e. The van der Waals surface area contributed by atoms with E-state index in [0.717, 1.165) is 25.0 Å². The van der Waals surface area contributed by atoms with E-state index in [9.17, 15) is 4.79 Å². The van der Waals surface area contributed by atoms with Crippen LogP contribution in [0.5, 0.6) is 0 Å². The summed E-state index contributed by atoms with van der Waals surface area (Å²) in [5.74, 6) is 0.316. The molecule has 1 rings (SSSR count). The van der Waals surface area contributed by atoms with Crippen LogP contribution in [0.2, 0.25) is 0 Å². The second-order valence-electron chi connectivity index (χ2n) is 4.14. The Morgan fingerprint density at radius 2 is 2.24 bits per heavy atom. The van der Waals surface area contributed by atoms with Gasteiger partial charge in [0.1, 0.15) is 0 Å². The molecule has 3 nitrogen and oxygen atoms in total. The summed E-state index contributed by atoms with van der Waals surface area (Å²) in [7, 11) is 0. The summed E-state index contributed by atoms with van der Waals surface area (Å²) in [4.78, 5) is 15.7. The molecule has 1 aromatic rings. The first-order valence-electron chi connectivity index (χ1n) is 6.31. The highest BCUT2D eigenvalue weighted by molar-refractivity contribution is 5.69. The normalized spacial score (nSPS) is 12.1. The maximum absolute atomic E-state index is 11.4. The van der Waals surface area contributed by atoms with Crippen molar-refractivity contribution in [1.82, 2.24) is 4.98 Å². The third kappa shape index (κ3) is 5.48. The van der Waals surface area contributed by atoms with Gasteiger partial charge in [0.05, 0.1) is 6.61 Å². The SMILES string of the molecule is CCOC(=O)CC(CC)CCc1ccccn1. The Balaban J connectivity index is 2.34. The lowest BCUT2D eigenvalue weighted by Gasteiger charge is -2.13. The van der Waals surface area contributed by atoms with E-state index in [1.165, 1.54) is 0 Å². The first kappa shape index (κ1) is 13.7. The molecule has 1 unspecified atom stereocenters. The highest BCUT2D eigenvalue weighted by Gasteiger charge is 2.13. The van der Waals surface area contributed by atoms with Crippen LogP contribution in [0.4, 0.5) is 0 Å². The highest BCUT2D eigenvalue weighted by atomic mass is 16.5. The van der Waals surface area contributed by atoms with Gasteiger partial charge in [-0.3, -0.25) is 9.78 Å². The quantitative estimate of drug-likeness (QED) is 0.682. The van der Waals surface area contributed by atoms with Crippen LogP contribution in [0, 0.1) is 5.92 Å². The van der Waals surface area contributed by atoms with E-state index in [1.54, 1.807) is 0 Å². The van der Waals surface area contributed by atoms with Gasteiger partial charge in [0.25, 0.3) is 0 Å². The monoisotopic (exact) mass is 235 g/mol. The van der Waals surface area contributed by atoms with Crippen molar-refractivity contribution in [3.63, 3.8) is 0 Å². The molecular formula is C14H21NO2. The number of esters is 1. The molecule has 0 fully saturated rings. The van der Waals surface area contributed by atoms with Gasteiger partial charge in [-0.2, -0.15) is 0 Å². The topological polar surface area (TPSA) is 39.2 Å². The van der Waals surface area contributed by atoms with Gasteiger partial charge in [-0.1, -0.05) is 19.4 Å². The Kier molecular flexibility index (Phi) is 6.30. The number of hydrogen-bond donors (Lipinski definition) is 0. The summed E-state index contributed by atoms with van der Waals surface area (Å²) in [5, 5.41) is 0. The fraction of sp³-hybridized carbons (Fsp3) is 0.571. The Morgan fingerprint density at radius 1 is 1.41 bits per heavy atom. The first-order chi connectivity index (χ1) is 8.26. The molecule has 94 valence electrons. The second-order valence-corrected chi connectivity index (χ2v) is 4.14. The first-order valence-corrected chi connectivity index (χ1v) is 6.31. The van der Waals surface area contributed by atoms with Crippen LogP contribution >= 0.6 is 0 Å². The molecule has 17 heavy (non-hydrogen) atoms. The minimum atomic E-state index is -0.0830. The van der Waals surface area contributed by atoms with E-state index in [2.05, 4.69) is 11.9 Å². The minimum Gasteiger partial charge on any atom is -0.466 e. The zero-order valence-electron chi connectivity index (χ0n) is 10.7. The van der Waals surface area contributed by atoms with Gasteiger partial charge >= 0.3 is 5.97 Å². The van der Waals surface area contributed by atoms with Crippen molar-refractivity contribution < 1.29 is 9.53 Å². The number of nitrogens with zero attached hydrogens (tertiary/aromatic N) is 1. The fourth-order valence-corrected chi connectivity index (χ4v) is 1.80. The van der Waals surface area contributed by atoms with Crippen molar-refractivity contribution in [1.29, 1.82) is 0 Å². The number of pyridine rings is 1. The van der Waals surface area contributed by atoms with Crippen LogP contribution in [-0.2, 0) is 16.0 Å². The van der Waals surface area contributed by atoms with Crippen LogP contribution in [0.3, 0.4) is 0 Å². The molecule has 1 atom stereocenters. The van der Waals surface area contributed by atoms with E-state index < -0.39 is 0 Å². The number of carbonyl (C=O) groups is 1. The molecule has 0 aromatic carbocycles. The van der Waals surface area contributed by atoms with Crippen LogP contribution in [0.1, 0.15) is 38.8 Å². The number of hydrogen-bond acceptors (Lipinski definition) is 3. The molecule has 0 aliphatic rings. The van der Waals surface area contributed by atoms with Gasteiger partial charge in [-0.25, -0.2) is 0 Å². The standard InChI is InChI=1S/C14H21NO2/c1-3-12(11-14(16)17-4-2)8-9-13-7-5-6-10-15-13/h5-7,10,12H,3-4,8-9,11H2,1-2H3. The minimum absolute atomic E-state index is 0.0830. The molecule has 1 heterocycles. The van der Waals surface area contributed by atoms with Gasteiger partial charge in [-0.15, -0.1) is 0 Å². The average molecular weight is 235 g/mol. The summed E-state index contributed by atoms with van der Waals surface area (Å²) >= 11 is 0. The molecule has 0 aliphatic heterocycles. The van der Waals surface area contributed by atoms with E-state index in [0.29, 0.717) is 18.9 Å². The van der Waals surface area contributed by atoms with Crippen molar-refractivity contribution in [2.75, 3.05) is 6.61 Å². The van der Waals surface area contributed by atoms with E-state index in [4.69, 9.17) is 4.74 Å². The third-order valence-electron chi connectivity index (χ3n) is 2.87. The van der Waals surface area contributed by atoms with Gasteiger partial charge in [0.15, 0.2) is 0 Å². The highest BCUT2D eigenvalue weighted by Crippen LogP contribution is 2.16. The smallest absolute Gasteiger partial charge is 0.306 e. The molecule has 0 radical (unpaired) electrons. The molecule has 0 aliphatic carbocycles. The summed E-state index contributed by atoms with van der Waals surface area (Å²) < 4.78 is 4.97. The van der Waals surface area contributed by atoms with Gasteiger partial charge in [0, 0.05) is 18.3 Å².